The first kappa shape index (κ1) is 52.9. The minimum Gasteiger partial charge on any atom is -0.396 e. The Bertz CT molecular complexity index is 2360. The first-order valence-corrected chi connectivity index (χ1v) is 31.4. The lowest BCUT2D eigenvalue weighted by atomic mass is 9.40. The second-order valence-corrected chi connectivity index (χ2v) is 29.4. The number of aliphatic imine (C=N–C) groups is 1. The van der Waals surface area contributed by atoms with Crippen molar-refractivity contribution >= 4 is 33.3 Å². The summed E-state index contributed by atoms with van der Waals surface area (Å²) in [4.78, 5) is 24.8. The highest BCUT2D eigenvalue weighted by Crippen LogP contribution is 2.75. The van der Waals surface area contributed by atoms with E-state index in [-0.39, 0.29) is 78.8 Å². The maximum absolute atomic E-state index is 15.2. The number of aliphatic hydroxyl groups is 6. The van der Waals surface area contributed by atoms with Gasteiger partial charge < -0.3 is 46.3 Å². The summed E-state index contributed by atoms with van der Waals surface area (Å²) in [5.41, 5.74) is 10.1. The lowest BCUT2D eigenvalue weighted by Gasteiger charge is -2.65. The van der Waals surface area contributed by atoms with E-state index in [1.54, 1.807) is 40.5 Å². The van der Waals surface area contributed by atoms with Gasteiger partial charge in [-0.2, -0.15) is 0 Å². The fraction of sp³-hybridized carbons (Fsp3) is 0.814. The van der Waals surface area contributed by atoms with Crippen LogP contribution in [-0.2, 0) is 4.79 Å². The van der Waals surface area contributed by atoms with Crippen LogP contribution in [-0.4, -0.2) is 107 Å². The van der Waals surface area contributed by atoms with Crippen molar-refractivity contribution in [3.63, 3.8) is 0 Å². The molecule has 0 unspecified atom stereocenters. The van der Waals surface area contributed by atoms with Crippen LogP contribution in [0.25, 0.3) is 0 Å². The van der Waals surface area contributed by atoms with E-state index >= 15 is 4.79 Å². The normalized spacial score (nSPS) is 43.5. The second-order valence-electron chi connectivity index (χ2n) is 26.8. The number of carbonyl (C=O) groups excluding carboxylic acids is 1. The molecule has 6 saturated carbocycles. The summed E-state index contributed by atoms with van der Waals surface area (Å²) < 4.78 is 2.30. The van der Waals surface area contributed by atoms with Crippen LogP contribution in [0.4, 0.5) is 0 Å². The minimum absolute atomic E-state index is 0.0978. The highest BCUT2D eigenvalue weighted by molar-refractivity contribution is 8.76. The Balaban J connectivity index is 1.10. The van der Waals surface area contributed by atoms with Gasteiger partial charge in [-0.05, 0) is 167 Å². The molecular formula is C59H89N5O7S2. The first-order chi connectivity index (χ1) is 34.9. The number of nitrogens with one attached hydrogen (secondary N) is 1. The molecule has 1 aromatic heterocycles. The number of guanidine groups is 1. The van der Waals surface area contributed by atoms with Crippen molar-refractivity contribution in [1.29, 1.82) is 0 Å². The van der Waals surface area contributed by atoms with Crippen molar-refractivity contribution in [2.45, 2.75) is 193 Å². The van der Waals surface area contributed by atoms with Crippen molar-refractivity contribution in [3.8, 4) is 0 Å². The van der Waals surface area contributed by atoms with E-state index in [1.165, 1.54) is 44.1 Å². The maximum Gasteiger partial charge on any atom is 0.190 e. The van der Waals surface area contributed by atoms with Gasteiger partial charge in [0.1, 0.15) is 6.23 Å². The lowest BCUT2D eigenvalue weighted by molar-refractivity contribution is -0.189. The number of allylic oxidation sites excluding steroid dienone is 3. The molecular weight excluding hydrogens is 955 g/mol. The molecule has 9 aliphatic carbocycles. The maximum atomic E-state index is 15.2. The average molecular weight is 1040 g/mol. The topological polar surface area (TPSA) is 207 Å². The number of ketones is 1. The largest absolute Gasteiger partial charge is 0.396 e. The van der Waals surface area contributed by atoms with Gasteiger partial charge in [-0.25, -0.2) is 4.98 Å². The molecule has 17 atom stereocenters. The number of nitrogens with zero attached hydrogens (tertiary/aromatic N) is 3. The molecule has 11 rings (SSSR count). The van der Waals surface area contributed by atoms with Gasteiger partial charge in [0.2, 0.25) is 0 Å². The van der Waals surface area contributed by atoms with Gasteiger partial charge in [-0.3, -0.25) is 9.79 Å². The Labute approximate surface area is 443 Å². The number of imidazole rings is 1. The van der Waals surface area contributed by atoms with Gasteiger partial charge in [0.25, 0.3) is 0 Å². The zero-order chi connectivity index (χ0) is 51.4. The SMILES string of the molecule is CC(C)CCC[C@]12C[C@H](O)[C@H](O)C[C@H]1C(=O)C=C1[C@@H]2[C@H](CN=C(N)N[C@@H](C)O)C[C@]2(CO)[C@@H]3C[C@@H](CSSC[C@@H](n4ccnc4)CC(C)(C)C4=C5CCCC6(CCCC6)[C@@H]5C5=C6[C@H](CCC5)C[C@@H]3[C@H](O)[C@H]64)[C@@]12O. The Morgan fingerprint density at radius 1 is 0.973 bits per heavy atom. The standard InChI is InChI=1S/C59H89N5O7S2/c1-33(2)11-9-18-57-27-47(69)46(68)23-43(57)45(67)24-44-50(57)36(28-62-54(60)63-34(3)66)25-58(31-65)42-22-37(59(44,58)71)29-72-73-30-38(64-20-19-61-32-64)26-55(4,5)52-40-14-10-17-56(15-6-7-16-56)51(40)39-13-8-12-35-21-41(42)53(70)49(52)48(35)39/h19-20,24,32-38,41-43,46-47,49-51,53,65-66,68-71H,6-18,21-23,25-31H2,1-5H3,(H3,60,62,63)/t34-,35-,36+,37+,38+,41+,42-,43+,46-,47+,49-,50+,51-,53+,57+,58+,59-/m1/s1. The average Bonchev–Trinajstić information content (AvgIpc) is 4.11. The molecule has 1 aliphatic heterocycles. The van der Waals surface area contributed by atoms with Gasteiger partial charge in [-0.1, -0.05) is 97.3 Å². The predicted octanol–water partition coefficient (Wildman–Crippen LogP) is 8.68. The van der Waals surface area contributed by atoms with Gasteiger partial charge in [-0.15, -0.1) is 0 Å². The Hall–Kier alpha value is -2.17. The summed E-state index contributed by atoms with van der Waals surface area (Å²) in [5.74, 6) is 0.349. The van der Waals surface area contributed by atoms with E-state index < -0.39 is 52.8 Å². The number of aromatic nitrogens is 2. The van der Waals surface area contributed by atoms with Gasteiger partial charge in [0.15, 0.2) is 11.7 Å². The van der Waals surface area contributed by atoms with Crippen LogP contribution in [0, 0.1) is 80.8 Å². The summed E-state index contributed by atoms with van der Waals surface area (Å²) in [7, 11) is 3.65. The number of fused-ring (bicyclic) bond motifs is 14. The molecule has 0 aromatic carbocycles. The molecule has 1 spiro atoms. The van der Waals surface area contributed by atoms with E-state index in [0.29, 0.717) is 53.8 Å². The van der Waals surface area contributed by atoms with Crippen LogP contribution in [0.5, 0.6) is 0 Å². The molecule has 1 aromatic rings. The van der Waals surface area contributed by atoms with Gasteiger partial charge in [0, 0.05) is 65.6 Å². The number of carbonyl (C=O) groups is 1. The second kappa shape index (κ2) is 19.9. The summed E-state index contributed by atoms with van der Waals surface area (Å²) in [5, 5.41) is 77.8. The van der Waals surface area contributed by atoms with E-state index in [4.69, 9.17) is 10.7 Å². The quantitative estimate of drug-likeness (QED) is 0.0385. The molecule has 4 bridgehead atoms. The fourth-order valence-corrected chi connectivity index (χ4v) is 22.6. The molecule has 9 N–H and O–H groups in total. The van der Waals surface area contributed by atoms with Crippen molar-refractivity contribution in [3.05, 3.63) is 52.7 Å². The van der Waals surface area contributed by atoms with Crippen LogP contribution in [0.1, 0.15) is 163 Å². The number of aliphatic hydroxyl groups excluding tert-OH is 5. The van der Waals surface area contributed by atoms with Crippen molar-refractivity contribution in [1.82, 2.24) is 14.9 Å². The first-order valence-electron chi connectivity index (χ1n) is 29.0. The predicted molar refractivity (Wildman–Crippen MR) is 290 cm³/mol. The molecule has 404 valence electrons. The Kier molecular flexibility index (Phi) is 14.4. The van der Waals surface area contributed by atoms with E-state index in [0.717, 1.165) is 57.1 Å². The fourth-order valence-electron chi connectivity index (χ4n) is 19.8. The molecule has 2 heterocycles. The number of hydrogen-bond acceptors (Lipinski definition) is 11. The Morgan fingerprint density at radius 3 is 2.45 bits per heavy atom. The van der Waals surface area contributed by atoms with Crippen LogP contribution >= 0.6 is 21.6 Å². The Morgan fingerprint density at radius 2 is 1.73 bits per heavy atom. The smallest absolute Gasteiger partial charge is 0.190 e. The molecule has 14 heteroatoms. The molecule has 1 saturated heterocycles. The molecule has 12 nitrogen and oxygen atoms in total. The molecule has 73 heavy (non-hydrogen) atoms. The van der Waals surface area contributed by atoms with Gasteiger partial charge >= 0.3 is 0 Å². The number of nitrogens with two attached hydrogens (primary N) is 1. The molecule has 0 radical (unpaired) electrons. The van der Waals surface area contributed by atoms with Crippen LogP contribution in [0.2, 0.25) is 0 Å². The van der Waals surface area contributed by atoms with Gasteiger partial charge in [0.05, 0.1) is 36.8 Å². The van der Waals surface area contributed by atoms with Crippen molar-refractivity contribution in [2.24, 2.45) is 91.6 Å². The van der Waals surface area contributed by atoms with Crippen molar-refractivity contribution in [2.75, 3.05) is 24.7 Å². The minimum atomic E-state index is -1.62. The zero-order valence-corrected chi connectivity index (χ0v) is 46.2. The third kappa shape index (κ3) is 8.46. The highest BCUT2D eigenvalue weighted by Gasteiger charge is 2.75. The number of rotatable bonds is 9. The van der Waals surface area contributed by atoms with Crippen LogP contribution in [0.3, 0.4) is 0 Å². The monoisotopic (exact) mass is 1040 g/mol. The summed E-state index contributed by atoms with van der Waals surface area (Å²) in [6.07, 6.45) is 21.6. The van der Waals surface area contributed by atoms with Crippen molar-refractivity contribution < 1.29 is 35.4 Å². The molecule has 10 aliphatic rings. The summed E-state index contributed by atoms with van der Waals surface area (Å²) >= 11 is 0. The highest BCUT2D eigenvalue weighted by atomic mass is 33.1. The van der Waals surface area contributed by atoms with E-state index in [9.17, 15) is 30.6 Å². The van der Waals surface area contributed by atoms with E-state index in [1.807, 2.05) is 23.3 Å². The third-order valence-electron chi connectivity index (χ3n) is 22.2. The molecule has 0 amide bonds. The molecule has 7 fully saturated rings. The third-order valence-corrected chi connectivity index (χ3v) is 24.8. The summed E-state index contributed by atoms with van der Waals surface area (Å²) in [6.45, 7) is 10.9. The zero-order valence-electron chi connectivity index (χ0n) is 44.6. The summed E-state index contributed by atoms with van der Waals surface area (Å²) in [6, 6.07) is 0.143. The van der Waals surface area contributed by atoms with E-state index in [2.05, 4.69) is 48.8 Å². The van der Waals surface area contributed by atoms with Crippen LogP contribution in [0.15, 0.2) is 57.7 Å². The van der Waals surface area contributed by atoms with Crippen LogP contribution < -0.4 is 11.1 Å². The number of hydrogen-bond donors (Lipinski definition) is 8. The lowest BCUT2D eigenvalue weighted by Crippen LogP contribution is -2.68.